The summed E-state index contributed by atoms with van der Waals surface area (Å²) in [5.41, 5.74) is 0.326. The van der Waals surface area contributed by atoms with E-state index < -0.39 is 6.10 Å². The van der Waals surface area contributed by atoms with Crippen LogP contribution in [0.15, 0.2) is 22.7 Å². The summed E-state index contributed by atoms with van der Waals surface area (Å²) < 4.78 is 19.0. The molecule has 0 spiro atoms. The SMILES string of the molecule is COC(C)(C)CCC(O)c1ccc(Br)c(F)c1. The van der Waals surface area contributed by atoms with E-state index in [4.69, 9.17) is 4.74 Å². The molecule has 1 N–H and O–H groups in total. The lowest BCUT2D eigenvalue weighted by molar-refractivity contribution is 0.00277. The Morgan fingerprint density at radius 2 is 2.12 bits per heavy atom. The fourth-order valence-corrected chi connectivity index (χ4v) is 1.72. The first kappa shape index (κ1) is 14.6. The van der Waals surface area contributed by atoms with Crippen molar-refractivity contribution in [1.82, 2.24) is 0 Å². The lowest BCUT2D eigenvalue weighted by Gasteiger charge is -2.24. The number of hydrogen-bond donors (Lipinski definition) is 1. The molecular weight excluding hydrogens is 287 g/mol. The zero-order valence-electron chi connectivity index (χ0n) is 10.3. The molecule has 2 nitrogen and oxygen atoms in total. The molecule has 1 atom stereocenters. The van der Waals surface area contributed by atoms with Gasteiger partial charge < -0.3 is 9.84 Å². The van der Waals surface area contributed by atoms with Crippen molar-refractivity contribution in [2.45, 2.75) is 38.4 Å². The molecule has 1 aromatic carbocycles. The zero-order chi connectivity index (χ0) is 13.1. The van der Waals surface area contributed by atoms with Gasteiger partial charge in [0, 0.05) is 7.11 Å². The minimum Gasteiger partial charge on any atom is -0.388 e. The third kappa shape index (κ3) is 4.37. The Hall–Kier alpha value is -0.450. The molecule has 1 unspecified atom stereocenters. The minimum absolute atomic E-state index is 0.269. The largest absolute Gasteiger partial charge is 0.388 e. The summed E-state index contributed by atoms with van der Waals surface area (Å²) in [6, 6.07) is 4.68. The summed E-state index contributed by atoms with van der Waals surface area (Å²) in [6.07, 6.45) is 0.594. The van der Waals surface area contributed by atoms with Crippen LogP contribution in [0, 0.1) is 5.82 Å². The molecule has 1 rings (SSSR count). The highest BCUT2D eigenvalue weighted by Crippen LogP contribution is 2.26. The van der Waals surface area contributed by atoms with E-state index >= 15 is 0 Å². The van der Waals surface area contributed by atoms with E-state index in [9.17, 15) is 9.50 Å². The predicted octanol–water partition coefficient (Wildman–Crippen LogP) is 3.83. The summed E-state index contributed by atoms with van der Waals surface area (Å²) in [5.74, 6) is -0.354. The van der Waals surface area contributed by atoms with Gasteiger partial charge in [0.15, 0.2) is 0 Å². The van der Waals surface area contributed by atoms with E-state index in [1.165, 1.54) is 6.07 Å². The standard InChI is InChI=1S/C13H18BrFO2/c1-13(2,17-3)7-6-12(16)9-4-5-10(14)11(15)8-9/h4-5,8,12,16H,6-7H2,1-3H3. The van der Waals surface area contributed by atoms with Crippen molar-refractivity contribution < 1.29 is 14.2 Å². The van der Waals surface area contributed by atoms with Crippen molar-refractivity contribution in [3.63, 3.8) is 0 Å². The lowest BCUT2D eigenvalue weighted by Crippen LogP contribution is -2.23. The smallest absolute Gasteiger partial charge is 0.137 e. The maximum absolute atomic E-state index is 13.3. The van der Waals surface area contributed by atoms with Crippen molar-refractivity contribution in [2.75, 3.05) is 7.11 Å². The Morgan fingerprint density at radius 3 is 2.65 bits per heavy atom. The van der Waals surface area contributed by atoms with E-state index in [0.717, 1.165) is 0 Å². The molecule has 0 aliphatic heterocycles. The number of ether oxygens (including phenoxy) is 1. The topological polar surface area (TPSA) is 29.5 Å². The van der Waals surface area contributed by atoms with Crippen LogP contribution in [0.2, 0.25) is 0 Å². The van der Waals surface area contributed by atoms with Gasteiger partial charge in [0.1, 0.15) is 5.82 Å². The summed E-state index contributed by atoms with van der Waals surface area (Å²) in [6.45, 7) is 3.92. The van der Waals surface area contributed by atoms with Crippen molar-refractivity contribution >= 4 is 15.9 Å². The van der Waals surface area contributed by atoms with Gasteiger partial charge in [0.25, 0.3) is 0 Å². The van der Waals surface area contributed by atoms with Gasteiger partial charge in [0.2, 0.25) is 0 Å². The quantitative estimate of drug-likeness (QED) is 0.896. The first-order chi connectivity index (χ1) is 7.85. The second-order valence-corrected chi connectivity index (χ2v) is 5.55. The summed E-state index contributed by atoms with van der Waals surface area (Å²) in [7, 11) is 1.64. The maximum Gasteiger partial charge on any atom is 0.137 e. The third-order valence-corrected chi connectivity index (χ3v) is 3.54. The van der Waals surface area contributed by atoms with Crippen molar-refractivity contribution in [3.8, 4) is 0 Å². The highest BCUT2D eigenvalue weighted by molar-refractivity contribution is 9.10. The first-order valence-electron chi connectivity index (χ1n) is 5.54. The van der Waals surface area contributed by atoms with E-state index in [0.29, 0.717) is 22.9 Å². The van der Waals surface area contributed by atoms with Crippen molar-refractivity contribution in [3.05, 3.63) is 34.1 Å². The van der Waals surface area contributed by atoms with Crippen molar-refractivity contribution in [1.29, 1.82) is 0 Å². The Bertz CT molecular complexity index is 380. The summed E-state index contributed by atoms with van der Waals surface area (Å²) >= 11 is 3.08. The van der Waals surface area contributed by atoms with Gasteiger partial charge in [-0.25, -0.2) is 4.39 Å². The van der Waals surface area contributed by atoms with E-state index in [2.05, 4.69) is 15.9 Å². The normalized spacial score (nSPS) is 13.8. The van der Waals surface area contributed by atoms with Gasteiger partial charge in [-0.15, -0.1) is 0 Å². The Balaban J connectivity index is 2.64. The number of rotatable bonds is 5. The van der Waals surface area contributed by atoms with Crippen LogP contribution < -0.4 is 0 Å². The molecule has 0 aromatic heterocycles. The van der Waals surface area contributed by atoms with Crippen LogP contribution in [-0.4, -0.2) is 17.8 Å². The van der Waals surface area contributed by atoms with E-state index in [1.807, 2.05) is 13.8 Å². The zero-order valence-corrected chi connectivity index (χ0v) is 11.9. The number of aliphatic hydroxyl groups excluding tert-OH is 1. The number of benzene rings is 1. The fourth-order valence-electron chi connectivity index (χ4n) is 1.47. The molecule has 0 aliphatic carbocycles. The molecule has 0 radical (unpaired) electrons. The van der Waals surface area contributed by atoms with E-state index in [-0.39, 0.29) is 11.4 Å². The lowest BCUT2D eigenvalue weighted by atomic mass is 9.97. The van der Waals surface area contributed by atoms with Crippen molar-refractivity contribution in [2.24, 2.45) is 0 Å². The molecule has 4 heteroatoms. The number of aliphatic hydroxyl groups is 1. The Morgan fingerprint density at radius 1 is 1.47 bits per heavy atom. The second kappa shape index (κ2) is 5.94. The monoisotopic (exact) mass is 304 g/mol. The molecule has 0 bridgehead atoms. The van der Waals surface area contributed by atoms with Gasteiger partial charge in [-0.05, 0) is 60.3 Å². The molecule has 0 saturated heterocycles. The average molecular weight is 305 g/mol. The van der Waals surface area contributed by atoms with E-state index in [1.54, 1.807) is 19.2 Å². The first-order valence-corrected chi connectivity index (χ1v) is 6.33. The van der Waals surface area contributed by atoms with Crippen LogP contribution in [0.3, 0.4) is 0 Å². The second-order valence-electron chi connectivity index (χ2n) is 4.69. The molecule has 0 heterocycles. The third-order valence-electron chi connectivity index (χ3n) is 2.90. The van der Waals surface area contributed by atoms with Crippen LogP contribution in [-0.2, 0) is 4.74 Å². The minimum atomic E-state index is -0.660. The average Bonchev–Trinajstić information content (AvgIpc) is 2.30. The van der Waals surface area contributed by atoms with Crippen LogP contribution in [0.4, 0.5) is 4.39 Å². The number of methoxy groups -OCH3 is 1. The Kier molecular flexibility index (Phi) is 5.10. The summed E-state index contributed by atoms with van der Waals surface area (Å²) in [5, 5.41) is 9.96. The molecule has 0 saturated carbocycles. The fraction of sp³-hybridized carbons (Fsp3) is 0.538. The van der Waals surface area contributed by atoms with Gasteiger partial charge in [-0.1, -0.05) is 6.07 Å². The van der Waals surface area contributed by atoms with Crippen LogP contribution in [0.1, 0.15) is 38.4 Å². The van der Waals surface area contributed by atoms with Gasteiger partial charge in [-0.3, -0.25) is 0 Å². The van der Waals surface area contributed by atoms with Crippen LogP contribution in [0.25, 0.3) is 0 Å². The molecule has 0 amide bonds. The van der Waals surface area contributed by atoms with Gasteiger partial charge in [-0.2, -0.15) is 0 Å². The highest BCUT2D eigenvalue weighted by atomic mass is 79.9. The van der Waals surface area contributed by atoms with Crippen LogP contribution in [0.5, 0.6) is 0 Å². The Labute approximate surface area is 110 Å². The molecule has 1 aromatic rings. The highest BCUT2D eigenvalue weighted by Gasteiger charge is 2.19. The molecule has 0 aliphatic rings. The van der Waals surface area contributed by atoms with Gasteiger partial charge >= 0.3 is 0 Å². The molecule has 96 valence electrons. The number of halogens is 2. The van der Waals surface area contributed by atoms with Gasteiger partial charge in [0.05, 0.1) is 16.2 Å². The maximum atomic E-state index is 13.3. The molecule has 0 fully saturated rings. The number of hydrogen-bond acceptors (Lipinski definition) is 2. The van der Waals surface area contributed by atoms with Crippen LogP contribution >= 0.6 is 15.9 Å². The molecular formula is C13H18BrFO2. The predicted molar refractivity (Wildman–Crippen MR) is 69.4 cm³/mol. The molecule has 17 heavy (non-hydrogen) atoms. The summed E-state index contributed by atoms with van der Waals surface area (Å²) in [4.78, 5) is 0.